The summed E-state index contributed by atoms with van der Waals surface area (Å²) in [5.41, 5.74) is 0.925. The topological polar surface area (TPSA) is 21.3 Å². The number of rotatable bonds is 3. The molecule has 0 spiro atoms. The Kier molecular flexibility index (Phi) is 3.82. The van der Waals surface area contributed by atoms with Gasteiger partial charge in [-0.25, -0.2) is 4.39 Å². The van der Waals surface area contributed by atoms with E-state index in [1.165, 1.54) is 19.6 Å². The molecule has 1 unspecified atom stereocenters. The van der Waals surface area contributed by atoms with Gasteiger partial charge in [0, 0.05) is 10.5 Å². The second kappa shape index (κ2) is 5.15. The lowest BCUT2D eigenvalue weighted by Gasteiger charge is -2.14. The molecule has 0 aromatic heterocycles. The Balaban J connectivity index is 2.23. The fourth-order valence-electron chi connectivity index (χ4n) is 2.19. The molecule has 1 heterocycles. The number of ether oxygens (including phenoxy) is 1. The third kappa shape index (κ3) is 2.55. The van der Waals surface area contributed by atoms with E-state index in [1.807, 2.05) is 6.07 Å². The van der Waals surface area contributed by atoms with Crippen LogP contribution in [0.25, 0.3) is 0 Å². The van der Waals surface area contributed by atoms with Crippen molar-refractivity contribution in [2.24, 2.45) is 0 Å². The normalized spacial score (nSPS) is 20.1. The van der Waals surface area contributed by atoms with E-state index in [0.29, 0.717) is 11.8 Å². The zero-order valence-electron chi connectivity index (χ0n) is 9.22. The van der Waals surface area contributed by atoms with Crippen molar-refractivity contribution in [1.82, 2.24) is 5.32 Å². The summed E-state index contributed by atoms with van der Waals surface area (Å²) < 4.78 is 19.5. The number of hydrogen-bond donors (Lipinski definition) is 1. The predicted molar refractivity (Wildman–Crippen MR) is 65.4 cm³/mol. The molecule has 1 aromatic rings. The molecule has 1 fully saturated rings. The van der Waals surface area contributed by atoms with Gasteiger partial charge in [0.05, 0.1) is 7.11 Å². The second-order valence-electron chi connectivity index (χ2n) is 4.08. The van der Waals surface area contributed by atoms with Crippen LogP contribution in [0.3, 0.4) is 0 Å². The third-order valence-electron chi connectivity index (χ3n) is 2.92. The largest absolute Gasteiger partial charge is 0.493 e. The van der Waals surface area contributed by atoms with E-state index in [0.717, 1.165) is 29.4 Å². The summed E-state index contributed by atoms with van der Waals surface area (Å²) in [5, 5.41) is 3.40. The zero-order chi connectivity index (χ0) is 11.5. The minimum Gasteiger partial charge on any atom is -0.493 e. The summed E-state index contributed by atoms with van der Waals surface area (Å²) in [7, 11) is 1.51. The molecule has 1 atom stereocenters. The Morgan fingerprint density at radius 3 is 3.00 bits per heavy atom. The van der Waals surface area contributed by atoms with Crippen molar-refractivity contribution in [3.05, 3.63) is 28.0 Å². The first-order valence-electron chi connectivity index (χ1n) is 5.46. The van der Waals surface area contributed by atoms with Crippen LogP contribution in [-0.4, -0.2) is 19.7 Å². The highest BCUT2D eigenvalue weighted by atomic mass is 79.9. The quantitative estimate of drug-likeness (QED) is 0.923. The monoisotopic (exact) mass is 287 g/mol. The first-order chi connectivity index (χ1) is 7.70. The molecule has 0 radical (unpaired) electrons. The lowest BCUT2D eigenvalue weighted by Crippen LogP contribution is -2.24. The molecule has 0 bridgehead atoms. The summed E-state index contributed by atoms with van der Waals surface area (Å²) in [6.07, 6.45) is 3.17. The zero-order valence-corrected chi connectivity index (χ0v) is 10.8. The number of hydrogen-bond acceptors (Lipinski definition) is 2. The highest BCUT2D eigenvalue weighted by molar-refractivity contribution is 9.10. The Hall–Kier alpha value is -0.610. The van der Waals surface area contributed by atoms with Crippen LogP contribution in [0.2, 0.25) is 0 Å². The van der Waals surface area contributed by atoms with Crippen molar-refractivity contribution in [3.63, 3.8) is 0 Å². The van der Waals surface area contributed by atoms with Crippen LogP contribution in [0.1, 0.15) is 18.4 Å². The van der Waals surface area contributed by atoms with Gasteiger partial charge in [0.1, 0.15) is 0 Å². The van der Waals surface area contributed by atoms with Gasteiger partial charge in [-0.15, -0.1) is 0 Å². The van der Waals surface area contributed by atoms with E-state index in [2.05, 4.69) is 21.2 Å². The van der Waals surface area contributed by atoms with E-state index in [4.69, 9.17) is 4.74 Å². The number of halogens is 2. The van der Waals surface area contributed by atoms with Gasteiger partial charge in [0.2, 0.25) is 0 Å². The molecule has 1 aromatic carbocycles. The molecule has 0 amide bonds. The van der Waals surface area contributed by atoms with Crippen LogP contribution in [0.4, 0.5) is 4.39 Å². The van der Waals surface area contributed by atoms with Gasteiger partial charge in [0.25, 0.3) is 0 Å². The van der Waals surface area contributed by atoms with Gasteiger partial charge in [0.15, 0.2) is 11.6 Å². The summed E-state index contributed by atoms with van der Waals surface area (Å²) in [5.74, 6) is 0.0711. The first kappa shape index (κ1) is 11.9. The van der Waals surface area contributed by atoms with Crippen LogP contribution in [0, 0.1) is 5.82 Å². The Bertz CT molecular complexity index is 378. The maximum absolute atomic E-state index is 13.6. The van der Waals surface area contributed by atoms with E-state index < -0.39 is 0 Å². The van der Waals surface area contributed by atoms with Crippen molar-refractivity contribution in [1.29, 1.82) is 0 Å². The smallest absolute Gasteiger partial charge is 0.166 e. The summed E-state index contributed by atoms with van der Waals surface area (Å²) in [6.45, 7) is 1.06. The SMILES string of the molecule is COc1c(F)cc(Br)cc1CC1CCCN1. The minimum atomic E-state index is -0.301. The molecule has 0 aliphatic carbocycles. The fraction of sp³-hybridized carbons (Fsp3) is 0.500. The molecule has 88 valence electrons. The average Bonchev–Trinajstić information content (AvgIpc) is 2.70. The molecule has 1 aliphatic heterocycles. The van der Waals surface area contributed by atoms with Crippen LogP contribution in [0.15, 0.2) is 16.6 Å². The lowest BCUT2D eigenvalue weighted by atomic mass is 10.0. The van der Waals surface area contributed by atoms with Crippen LogP contribution >= 0.6 is 15.9 Å². The summed E-state index contributed by atoms with van der Waals surface area (Å²) in [6, 6.07) is 3.81. The highest BCUT2D eigenvalue weighted by Crippen LogP contribution is 2.29. The average molecular weight is 288 g/mol. The number of methoxy groups -OCH3 is 1. The maximum atomic E-state index is 13.6. The van der Waals surface area contributed by atoms with Gasteiger partial charge < -0.3 is 10.1 Å². The number of benzene rings is 1. The van der Waals surface area contributed by atoms with Crippen LogP contribution < -0.4 is 10.1 Å². The summed E-state index contributed by atoms with van der Waals surface area (Å²) >= 11 is 3.31. The Morgan fingerprint density at radius 1 is 1.56 bits per heavy atom. The molecule has 1 saturated heterocycles. The van der Waals surface area contributed by atoms with Crippen molar-refractivity contribution in [2.45, 2.75) is 25.3 Å². The van der Waals surface area contributed by atoms with Crippen molar-refractivity contribution in [3.8, 4) is 5.75 Å². The van der Waals surface area contributed by atoms with E-state index >= 15 is 0 Å². The van der Waals surface area contributed by atoms with Gasteiger partial charge >= 0.3 is 0 Å². The molecule has 2 rings (SSSR count). The molecule has 2 nitrogen and oxygen atoms in total. The standard InChI is InChI=1S/C12H15BrFNO/c1-16-12-8(5-9(13)7-11(12)14)6-10-3-2-4-15-10/h5,7,10,15H,2-4,6H2,1H3. The lowest BCUT2D eigenvalue weighted by molar-refractivity contribution is 0.379. The van der Waals surface area contributed by atoms with E-state index in [9.17, 15) is 4.39 Å². The van der Waals surface area contributed by atoms with Gasteiger partial charge in [-0.1, -0.05) is 15.9 Å². The van der Waals surface area contributed by atoms with Gasteiger partial charge in [-0.2, -0.15) is 0 Å². The second-order valence-corrected chi connectivity index (χ2v) is 4.99. The van der Waals surface area contributed by atoms with Crippen LogP contribution in [-0.2, 0) is 6.42 Å². The number of nitrogens with one attached hydrogen (secondary N) is 1. The first-order valence-corrected chi connectivity index (χ1v) is 6.25. The van der Waals surface area contributed by atoms with E-state index in [-0.39, 0.29) is 5.82 Å². The Labute approximate surface area is 103 Å². The molecular formula is C12H15BrFNO. The van der Waals surface area contributed by atoms with Crippen molar-refractivity contribution >= 4 is 15.9 Å². The highest BCUT2D eigenvalue weighted by Gasteiger charge is 2.18. The molecule has 1 aliphatic rings. The van der Waals surface area contributed by atoms with Crippen LogP contribution in [0.5, 0.6) is 5.75 Å². The summed E-state index contributed by atoms with van der Waals surface area (Å²) in [4.78, 5) is 0. The van der Waals surface area contributed by atoms with E-state index in [1.54, 1.807) is 0 Å². The van der Waals surface area contributed by atoms with Gasteiger partial charge in [-0.05, 0) is 43.5 Å². The third-order valence-corrected chi connectivity index (χ3v) is 3.38. The minimum absolute atomic E-state index is 0.301. The molecular weight excluding hydrogens is 273 g/mol. The molecule has 4 heteroatoms. The predicted octanol–water partition coefficient (Wildman–Crippen LogP) is 2.89. The molecule has 0 saturated carbocycles. The van der Waals surface area contributed by atoms with Crippen molar-refractivity contribution < 1.29 is 9.13 Å². The molecule has 1 N–H and O–H groups in total. The fourth-order valence-corrected chi connectivity index (χ4v) is 2.67. The Morgan fingerprint density at radius 2 is 2.38 bits per heavy atom. The molecule has 16 heavy (non-hydrogen) atoms. The van der Waals surface area contributed by atoms with Crippen molar-refractivity contribution in [2.75, 3.05) is 13.7 Å². The van der Waals surface area contributed by atoms with Gasteiger partial charge in [-0.3, -0.25) is 0 Å². The maximum Gasteiger partial charge on any atom is 0.166 e.